The van der Waals surface area contributed by atoms with Crippen molar-refractivity contribution in [1.82, 2.24) is 20.1 Å². The van der Waals surface area contributed by atoms with Crippen molar-refractivity contribution in [1.29, 1.82) is 0 Å². The molecule has 1 N–H and O–H groups in total. The van der Waals surface area contributed by atoms with Crippen LogP contribution in [0.1, 0.15) is 28.0 Å². The van der Waals surface area contributed by atoms with Crippen molar-refractivity contribution in [2.24, 2.45) is 7.05 Å². The third-order valence-corrected chi connectivity index (χ3v) is 3.68. The molecule has 0 aliphatic carbocycles. The molecule has 0 amide bonds. The van der Waals surface area contributed by atoms with Crippen LogP contribution in [0.15, 0.2) is 11.6 Å². The molecule has 2 heterocycles. The van der Waals surface area contributed by atoms with Gasteiger partial charge in [0.15, 0.2) is 0 Å². The Morgan fingerprint density at radius 1 is 1.47 bits per heavy atom. The lowest BCUT2D eigenvalue weighted by Crippen LogP contribution is -2.19. The molecule has 92 valence electrons. The van der Waals surface area contributed by atoms with Gasteiger partial charge in [0.2, 0.25) is 0 Å². The first-order valence-corrected chi connectivity index (χ1v) is 6.56. The Balaban J connectivity index is 2.19. The fourth-order valence-corrected chi connectivity index (χ4v) is 2.66. The zero-order valence-electron chi connectivity index (χ0n) is 10.7. The van der Waals surface area contributed by atoms with Crippen LogP contribution >= 0.6 is 11.3 Å². The highest BCUT2D eigenvalue weighted by molar-refractivity contribution is 7.09. The molecule has 0 bridgehead atoms. The van der Waals surface area contributed by atoms with Crippen LogP contribution in [-0.2, 0) is 13.5 Å². The number of nitrogens with one attached hydrogen (secondary N) is 1. The Labute approximate surface area is 106 Å². The summed E-state index contributed by atoms with van der Waals surface area (Å²) in [6.45, 7) is 4.09. The summed E-state index contributed by atoms with van der Waals surface area (Å²) in [6.07, 6.45) is 2.99. The maximum absolute atomic E-state index is 4.51. The summed E-state index contributed by atoms with van der Waals surface area (Å²) in [6, 6.07) is 0.283. The second kappa shape index (κ2) is 4.98. The predicted octanol–water partition coefficient (Wildman–Crippen LogP) is 2.00. The van der Waals surface area contributed by atoms with Gasteiger partial charge in [-0.3, -0.25) is 4.68 Å². The Bertz CT molecular complexity index is 500. The summed E-state index contributed by atoms with van der Waals surface area (Å²) in [4.78, 5) is 4.51. The SMILES string of the molecule is CNC(Cc1csc(C)n1)c1cn(C)nc1C. The first kappa shape index (κ1) is 12.3. The number of thiazole rings is 1. The highest BCUT2D eigenvalue weighted by atomic mass is 32.1. The van der Waals surface area contributed by atoms with Gasteiger partial charge in [0.05, 0.1) is 16.4 Å². The van der Waals surface area contributed by atoms with Gasteiger partial charge in [-0.1, -0.05) is 0 Å². The Morgan fingerprint density at radius 3 is 2.71 bits per heavy atom. The monoisotopic (exact) mass is 250 g/mol. The number of aromatic nitrogens is 3. The molecular formula is C12H18N4S. The summed E-state index contributed by atoms with van der Waals surface area (Å²) in [5.74, 6) is 0. The third-order valence-electron chi connectivity index (χ3n) is 2.86. The maximum Gasteiger partial charge on any atom is 0.0897 e. The highest BCUT2D eigenvalue weighted by Crippen LogP contribution is 2.21. The molecule has 4 nitrogen and oxygen atoms in total. The molecule has 2 aromatic heterocycles. The molecular weight excluding hydrogens is 232 g/mol. The quantitative estimate of drug-likeness (QED) is 0.902. The zero-order chi connectivity index (χ0) is 12.4. The van der Waals surface area contributed by atoms with Crippen molar-refractivity contribution >= 4 is 11.3 Å². The molecule has 0 saturated carbocycles. The first-order valence-electron chi connectivity index (χ1n) is 5.68. The van der Waals surface area contributed by atoms with Crippen molar-refractivity contribution < 1.29 is 0 Å². The Hall–Kier alpha value is -1.20. The lowest BCUT2D eigenvalue weighted by molar-refractivity contribution is 0.582. The summed E-state index contributed by atoms with van der Waals surface area (Å²) < 4.78 is 1.86. The summed E-state index contributed by atoms with van der Waals surface area (Å²) >= 11 is 1.70. The van der Waals surface area contributed by atoms with Gasteiger partial charge in [0, 0.05) is 36.7 Å². The Kier molecular flexibility index (Phi) is 3.59. The minimum absolute atomic E-state index is 0.283. The van der Waals surface area contributed by atoms with Gasteiger partial charge in [0.1, 0.15) is 0 Å². The van der Waals surface area contributed by atoms with Crippen molar-refractivity contribution in [2.75, 3.05) is 7.05 Å². The zero-order valence-corrected chi connectivity index (χ0v) is 11.5. The number of nitrogens with zero attached hydrogens (tertiary/aromatic N) is 3. The number of hydrogen-bond acceptors (Lipinski definition) is 4. The fraction of sp³-hybridized carbons (Fsp3) is 0.500. The smallest absolute Gasteiger partial charge is 0.0897 e. The van der Waals surface area contributed by atoms with Crippen LogP contribution in [-0.4, -0.2) is 21.8 Å². The molecule has 0 aliphatic heterocycles. The van der Waals surface area contributed by atoms with E-state index in [1.165, 1.54) is 5.56 Å². The van der Waals surface area contributed by atoms with E-state index < -0.39 is 0 Å². The van der Waals surface area contributed by atoms with E-state index in [2.05, 4.69) is 27.0 Å². The number of aryl methyl sites for hydroxylation is 3. The predicted molar refractivity (Wildman–Crippen MR) is 70.3 cm³/mol. The highest BCUT2D eigenvalue weighted by Gasteiger charge is 2.16. The fourth-order valence-electron chi connectivity index (χ4n) is 2.04. The lowest BCUT2D eigenvalue weighted by Gasteiger charge is -2.13. The van der Waals surface area contributed by atoms with Gasteiger partial charge in [-0.2, -0.15) is 5.10 Å². The first-order chi connectivity index (χ1) is 8.10. The van der Waals surface area contributed by atoms with E-state index >= 15 is 0 Å². The number of likely N-dealkylation sites (N-methyl/N-ethyl adjacent to an activating group) is 1. The molecule has 0 fully saturated rings. The van der Waals surface area contributed by atoms with Gasteiger partial charge >= 0.3 is 0 Å². The largest absolute Gasteiger partial charge is 0.313 e. The number of hydrogen-bond donors (Lipinski definition) is 1. The molecule has 17 heavy (non-hydrogen) atoms. The van der Waals surface area contributed by atoms with Gasteiger partial charge in [0.25, 0.3) is 0 Å². The second-order valence-corrected chi connectivity index (χ2v) is 5.31. The summed E-state index contributed by atoms with van der Waals surface area (Å²) in [5.41, 5.74) is 3.48. The van der Waals surface area contributed by atoms with Crippen LogP contribution in [0.2, 0.25) is 0 Å². The number of rotatable bonds is 4. The van der Waals surface area contributed by atoms with Crippen LogP contribution in [0.25, 0.3) is 0 Å². The van der Waals surface area contributed by atoms with Crippen molar-refractivity contribution in [3.63, 3.8) is 0 Å². The van der Waals surface area contributed by atoms with Crippen LogP contribution in [0.5, 0.6) is 0 Å². The van der Waals surface area contributed by atoms with Crippen molar-refractivity contribution in [3.8, 4) is 0 Å². The molecule has 0 spiro atoms. The minimum Gasteiger partial charge on any atom is -0.313 e. The molecule has 1 unspecified atom stereocenters. The van der Waals surface area contributed by atoms with E-state index in [-0.39, 0.29) is 6.04 Å². The molecule has 1 atom stereocenters. The van der Waals surface area contributed by atoms with E-state index in [0.717, 1.165) is 22.8 Å². The van der Waals surface area contributed by atoms with Crippen molar-refractivity contribution in [2.45, 2.75) is 26.3 Å². The van der Waals surface area contributed by atoms with Crippen molar-refractivity contribution in [3.05, 3.63) is 33.5 Å². The summed E-state index contributed by atoms with van der Waals surface area (Å²) in [7, 11) is 3.94. The molecule has 5 heteroatoms. The van der Waals surface area contributed by atoms with Crippen LogP contribution < -0.4 is 5.32 Å². The molecule has 0 saturated heterocycles. The van der Waals surface area contributed by atoms with Crippen LogP contribution in [0.4, 0.5) is 0 Å². The van der Waals surface area contributed by atoms with Gasteiger partial charge in [-0.05, 0) is 20.9 Å². The van der Waals surface area contributed by atoms with E-state index in [1.807, 2.05) is 32.6 Å². The topological polar surface area (TPSA) is 42.7 Å². The molecule has 0 radical (unpaired) electrons. The Morgan fingerprint density at radius 2 is 2.24 bits per heavy atom. The van der Waals surface area contributed by atoms with E-state index in [9.17, 15) is 0 Å². The lowest BCUT2D eigenvalue weighted by atomic mass is 10.0. The standard InChI is InChI=1S/C12H18N4S/c1-8-11(6-16(4)15-8)12(13-3)5-10-7-17-9(2)14-10/h6-7,12-13H,5H2,1-4H3. The normalized spacial score (nSPS) is 12.9. The van der Waals surface area contributed by atoms with E-state index in [1.54, 1.807) is 11.3 Å². The van der Waals surface area contributed by atoms with E-state index in [0.29, 0.717) is 0 Å². The molecule has 2 aromatic rings. The van der Waals surface area contributed by atoms with Crippen LogP contribution in [0, 0.1) is 13.8 Å². The van der Waals surface area contributed by atoms with Gasteiger partial charge < -0.3 is 5.32 Å². The molecule has 0 aromatic carbocycles. The van der Waals surface area contributed by atoms with Gasteiger partial charge in [-0.15, -0.1) is 11.3 Å². The minimum atomic E-state index is 0.283. The average molecular weight is 250 g/mol. The molecule has 0 aliphatic rings. The van der Waals surface area contributed by atoms with Crippen LogP contribution in [0.3, 0.4) is 0 Å². The second-order valence-electron chi connectivity index (χ2n) is 4.25. The average Bonchev–Trinajstić information content (AvgIpc) is 2.82. The van der Waals surface area contributed by atoms with Gasteiger partial charge in [-0.25, -0.2) is 4.98 Å². The molecule has 2 rings (SSSR count). The van der Waals surface area contributed by atoms with E-state index in [4.69, 9.17) is 0 Å². The summed E-state index contributed by atoms with van der Waals surface area (Å²) in [5, 5.41) is 11.0. The maximum atomic E-state index is 4.51. The third kappa shape index (κ3) is 2.73.